The van der Waals surface area contributed by atoms with E-state index in [4.69, 9.17) is 4.74 Å². The average Bonchev–Trinajstić information content (AvgIpc) is 2.67. The summed E-state index contributed by atoms with van der Waals surface area (Å²) in [7, 11) is 1.84. The SMILES string of the molecule is CCOC(=O)c1nn(CC)c(NC)c1C(C)(C)C. The lowest BCUT2D eigenvalue weighted by Gasteiger charge is -2.20. The molecular formula is C13H23N3O2. The number of ether oxygens (including phenoxy) is 1. The molecule has 0 amide bonds. The van der Waals surface area contributed by atoms with Gasteiger partial charge in [0.2, 0.25) is 0 Å². The highest BCUT2D eigenvalue weighted by molar-refractivity contribution is 5.91. The summed E-state index contributed by atoms with van der Waals surface area (Å²) in [5.41, 5.74) is 1.15. The third-order valence-electron chi connectivity index (χ3n) is 2.71. The molecule has 0 fully saturated rings. The van der Waals surface area contributed by atoms with Gasteiger partial charge in [-0.25, -0.2) is 9.48 Å². The Morgan fingerprint density at radius 2 is 2.00 bits per heavy atom. The van der Waals surface area contributed by atoms with Crippen molar-refractivity contribution in [2.45, 2.75) is 46.6 Å². The van der Waals surface area contributed by atoms with Crippen molar-refractivity contribution in [2.24, 2.45) is 0 Å². The molecule has 0 aliphatic rings. The van der Waals surface area contributed by atoms with E-state index in [1.165, 1.54) is 0 Å². The normalized spacial score (nSPS) is 11.4. The summed E-state index contributed by atoms with van der Waals surface area (Å²) in [6.07, 6.45) is 0. The van der Waals surface area contributed by atoms with Crippen molar-refractivity contribution in [1.29, 1.82) is 0 Å². The molecule has 1 aromatic heterocycles. The van der Waals surface area contributed by atoms with Crippen LogP contribution in [-0.4, -0.2) is 29.4 Å². The zero-order chi connectivity index (χ0) is 13.9. The van der Waals surface area contributed by atoms with Gasteiger partial charge in [-0.05, 0) is 19.3 Å². The molecule has 102 valence electrons. The first-order valence-electron chi connectivity index (χ1n) is 6.32. The fourth-order valence-corrected chi connectivity index (χ4v) is 2.00. The fourth-order valence-electron chi connectivity index (χ4n) is 2.00. The van der Waals surface area contributed by atoms with Gasteiger partial charge in [0, 0.05) is 19.2 Å². The highest BCUT2D eigenvalue weighted by Crippen LogP contribution is 2.33. The largest absolute Gasteiger partial charge is 0.461 e. The number of anilines is 1. The highest BCUT2D eigenvalue weighted by Gasteiger charge is 2.31. The van der Waals surface area contributed by atoms with Crippen LogP contribution in [-0.2, 0) is 16.7 Å². The minimum absolute atomic E-state index is 0.173. The maximum absolute atomic E-state index is 12.0. The maximum Gasteiger partial charge on any atom is 0.359 e. The number of aromatic nitrogens is 2. The molecule has 0 radical (unpaired) electrons. The Morgan fingerprint density at radius 1 is 1.39 bits per heavy atom. The molecule has 0 unspecified atom stereocenters. The summed E-state index contributed by atoms with van der Waals surface area (Å²) in [6.45, 7) is 11.0. The number of aryl methyl sites for hydroxylation is 1. The third kappa shape index (κ3) is 2.66. The number of nitrogens with zero attached hydrogens (tertiary/aromatic N) is 2. The zero-order valence-electron chi connectivity index (χ0n) is 12.1. The second-order valence-electron chi connectivity index (χ2n) is 5.11. The van der Waals surface area contributed by atoms with Crippen LogP contribution in [0.5, 0.6) is 0 Å². The molecular weight excluding hydrogens is 230 g/mol. The number of rotatable bonds is 4. The van der Waals surface area contributed by atoms with E-state index in [-0.39, 0.29) is 11.4 Å². The molecule has 1 N–H and O–H groups in total. The molecule has 18 heavy (non-hydrogen) atoms. The Hall–Kier alpha value is -1.52. The van der Waals surface area contributed by atoms with Crippen molar-refractivity contribution < 1.29 is 9.53 Å². The molecule has 0 aliphatic carbocycles. The molecule has 0 saturated carbocycles. The quantitative estimate of drug-likeness (QED) is 0.837. The lowest BCUT2D eigenvalue weighted by atomic mass is 9.86. The van der Waals surface area contributed by atoms with Gasteiger partial charge in [0.25, 0.3) is 0 Å². The Balaban J connectivity index is 3.41. The first-order valence-corrected chi connectivity index (χ1v) is 6.32. The van der Waals surface area contributed by atoms with E-state index in [1.54, 1.807) is 11.6 Å². The van der Waals surface area contributed by atoms with Crippen molar-refractivity contribution in [3.63, 3.8) is 0 Å². The number of nitrogens with one attached hydrogen (secondary N) is 1. The summed E-state index contributed by atoms with van der Waals surface area (Å²) in [5.74, 6) is 0.527. The van der Waals surface area contributed by atoms with E-state index < -0.39 is 0 Å². The number of esters is 1. The van der Waals surface area contributed by atoms with Gasteiger partial charge < -0.3 is 10.1 Å². The number of carbonyl (C=O) groups is 1. The van der Waals surface area contributed by atoms with E-state index in [9.17, 15) is 4.79 Å². The van der Waals surface area contributed by atoms with Crippen LogP contribution in [0.1, 0.15) is 50.7 Å². The summed E-state index contributed by atoms with van der Waals surface area (Å²) in [4.78, 5) is 12.0. The van der Waals surface area contributed by atoms with Crippen LogP contribution >= 0.6 is 0 Å². The van der Waals surface area contributed by atoms with Crippen LogP contribution in [0.25, 0.3) is 0 Å². The number of carbonyl (C=O) groups excluding carboxylic acids is 1. The van der Waals surface area contributed by atoms with E-state index in [0.717, 1.165) is 11.4 Å². The van der Waals surface area contributed by atoms with Gasteiger partial charge in [-0.3, -0.25) is 0 Å². The molecule has 1 rings (SSSR count). The monoisotopic (exact) mass is 253 g/mol. The Morgan fingerprint density at radius 3 is 2.39 bits per heavy atom. The Labute approximate surface area is 109 Å². The number of hydrogen-bond acceptors (Lipinski definition) is 4. The summed E-state index contributed by atoms with van der Waals surface area (Å²) in [5, 5.41) is 7.50. The second kappa shape index (κ2) is 5.42. The minimum Gasteiger partial charge on any atom is -0.461 e. The van der Waals surface area contributed by atoms with E-state index >= 15 is 0 Å². The highest BCUT2D eigenvalue weighted by atomic mass is 16.5. The maximum atomic E-state index is 12.0. The lowest BCUT2D eigenvalue weighted by Crippen LogP contribution is -2.18. The first-order chi connectivity index (χ1) is 8.36. The topological polar surface area (TPSA) is 56.1 Å². The van der Waals surface area contributed by atoms with E-state index in [1.807, 2.05) is 14.0 Å². The van der Waals surface area contributed by atoms with E-state index in [2.05, 4.69) is 31.2 Å². The molecule has 0 aliphatic heterocycles. The molecule has 5 heteroatoms. The minimum atomic E-state index is -0.355. The molecule has 0 saturated heterocycles. The summed E-state index contributed by atoms with van der Waals surface area (Å²) >= 11 is 0. The van der Waals surface area contributed by atoms with Crippen molar-refractivity contribution in [1.82, 2.24) is 9.78 Å². The lowest BCUT2D eigenvalue weighted by molar-refractivity contribution is 0.0515. The van der Waals surface area contributed by atoms with Gasteiger partial charge in [-0.15, -0.1) is 0 Å². The molecule has 0 bridgehead atoms. The molecule has 0 atom stereocenters. The molecule has 1 aromatic rings. The first kappa shape index (κ1) is 14.5. The van der Waals surface area contributed by atoms with Gasteiger partial charge in [-0.2, -0.15) is 5.10 Å². The van der Waals surface area contributed by atoms with Crippen molar-refractivity contribution in [3.8, 4) is 0 Å². The van der Waals surface area contributed by atoms with Crippen molar-refractivity contribution >= 4 is 11.8 Å². The summed E-state index contributed by atoms with van der Waals surface area (Å²) < 4.78 is 6.88. The predicted octanol–water partition coefficient (Wildman–Crippen LogP) is 2.42. The van der Waals surface area contributed by atoms with Crippen molar-refractivity contribution in [3.05, 3.63) is 11.3 Å². The average molecular weight is 253 g/mol. The Kier molecular flexibility index (Phi) is 4.38. The molecule has 0 aromatic carbocycles. The predicted molar refractivity (Wildman–Crippen MR) is 72.1 cm³/mol. The van der Waals surface area contributed by atoms with Gasteiger partial charge >= 0.3 is 5.97 Å². The van der Waals surface area contributed by atoms with Gasteiger partial charge in [0.05, 0.1) is 6.61 Å². The van der Waals surface area contributed by atoms with Crippen LogP contribution in [0.4, 0.5) is 5.82 Å². The van der Waals surface area contributed by atoms with Gasteiger partial charge in [-0.1, -0.05) is 20.8 Å². The third-order valence-corrected chi connectivity index (χ3v) is 2.71. The smallest absolute Gasteiger partial charge is 0.359 e. The van der Waals surface area contributed by atoms with Crippen LogP contribution < -0.4 is 5.32 Å². The van der Waals surface area contributed by atoms with Gasteiger partial charge in [0.1, 0.15) is 5.82 Å². The molecule has 0 spiro atoms. The van der Waals surface area contributed by atoms with Gasteiger partial charge in [0.15, 0.2) is 5.69 Å². The fraction of sp³-hybridized carbons (Fsp3) is 0.692. The van der Waals surface area contributed by atoms with Crippen LogP contribution in [0.15, 0.2) is 0 Å². The second-order valence-corrected chi connectivity index (χ2v) is 5.11. The van der Waals surface area contributed by atoms with Crippen molar-refractivity contribution in [2.75, 3.05) is 19.0 Å². The Bertz CT molecular complexity index is 430. The zero-order valence-corrected chi connectivity index (χ0v) is 12.1. The van der Waals surface area contributed by atoms with Crippen LogP contribution in [0, 0.1) is 0 Å². The number of hydrogen-bond donors (Lipinski definition) is 1. The van der Waals surface area contributed by atoms with Crippen LogP contribution in [0.2, 0.25) is 0 Å². The summed E-state index contributed by atoms with van der Waals surface area (Å²) in [6, 6.07) is 0. The standard InChI is InChI=1S/C13H23N3O2/c1-7-16-11(14-6)9(13(3,4)5)10(15-16)12(17)18-8-2/h14H,7-8H2,1-6H3. The molecule has 5 nitrogen and oxygen atoms in total. The molecule has 1 heterocycles. The van der Waals surface area contributed by atoms with Crippen LogP contribution in [0.3, 0.4) is 0 Å². The van der Waals surface area contributed by atoms with E-state index in [0.29, 0.717) is 18.8 Å².